The maximum absolute atomic E-state index is 5.87. The van der Waals surface area contributed by atoms with Crippen LogP contribution < -0.4 is 10.1 Å². The lowest BCUT2D eigenvalue weighted by Crippen LogP contribution is -2.21. The maximum Gasteiger partial charge on any atom is 0.122 e. The molecule has 0 fully saturated rings. The largest absolute Gasteiger partial charge is 0.489 e. The summed E-state index contributed by atoms with van der Waals surface area (Å²) < 4.78 is 11.0. The molecule has 24 heavy (non-hydrogen) atoms. The fourth-order valence-corrected chi connectivity index (χ4v) is 2.47. The van der Waals surface area contributed by atoms with Gasteiger partial charge >= 0.3 is 0 Å². The van der Waals surface area contributed by atoms with Gasteiger partial charge in [0.25, 0.3) is 0 Å². The van der Waals surface area contributed by atoms with Crippen LogP contribution in [0.2, 0.25) is 5.02 Å². The quantitative estimate of drug-likeness (QED) is 0.631. The zero-order valence-corrected chi connectivity index (χ0v) is 14.4. The monoisotopic (exact) mass is 357 g/mol. The lowest BCUT2D eigenvalue weighted by molar-refractivity contribution is 0.306. The molecular weight excluding hydrogens is 342 g/mol. The van der Waals surface area contributed by atoms with Gasteiger partial charge in [0.15, 0.2) is 0 Å². The van der Waals surface area contributed by atoms with E-state index in [9.17, 15) is 0 Å². The standard InChI is InChI=1S/C19H16ClNO2S/c20-16-7-3-14(4-8-16)13-23-17-9-5-15(6-10-17)19(24)21-12-18-2-1-11-22-18/h1-11H,12-13H2,(H,21,24). The van der Waals surface area contributed by atoms with Crippen molar-refractivity contribution < 1.29 is 9.15 Å². The molecule has 0 saturated heterocycles. The van der Waals surface area contributed by atoms with Crippen molar-refractivity contribution in [1.29, 1.82) is 0 Å². The van der Waals surface area contributed by atoms with Crippen LogP contribution >= 0.6 is 23.8 Å². The topological polar surface area (TPSA) is 34.4 Å². The molecule has 0 atom stereocenters. The normalized spacial score (nSPS) is 10.4. The Balaban J connectivity index is 1.52. The number of nitrogens with one attached hydrogen (secondary N) is 1. The minimum Gasteiger partial charge on any atom is -0.489 e. The molecule has 1 aromatic heterocycles. The minimum atomic E-state index is 0.498. The third-order valence-electron chi connectivity index (χ3n) is 3.44. The molecule has 2 aromatic carbocycles. The van der Waals surface area contributed by atoms with Crippen molar-refractivity contribution in [2.75, 3.05) is 0 Å². The highest BCUT2D eigenvalue weighted by molar-refractivity contribution is 7.80. The Morgan fingerprint density at radius 2 is 1.79 bits per heavy atom. The minimum absolute atomic E-state index is 0.498. The van der Waals surface area contributed by atoms with E-state index < -0.39 is 0 Å². The van der Waals surface area contributed by atoms with E-state index in [0.717, 1.165) is 27.7 Å². The van der Waals surface area contributed by atoms with Crippen LogP contribution in [0.15, 0.2) is 71.3 Å². The first-order valence-corrected chi connectivity index (χ1v) is 8.27. The summed E-state index contributed by atoms with van der Waals surface area (Å²) in [5, 5.41) is 3.89. The summed E-state index contributed by atoms with van der Waals surface area (Å²) >= 11 is 11.3. The Labute approximate surface area is 151 Å². The third-order valence-corrected chi connectivity index (χ3v) is 4.07. The van der Waals surface area contributed by atoms with Gasteiger partial charge in [0, 0.05) is 10.6 Å². The number of hydrogen-bond acceptors (Lipinski definition) is 3. The number of furan rings is 1. The summed E-state index contributed by atoms with van der Waals surface area (Å²) in [5.41, 5.74) is 2.01. The van der Waals surface area contributed by atoms with Crippen LogP contribution in [-0.4, -0.2) is 4.99 Å². The number of benzene rings is 2. The molecule has 5 heteroatoms. The van der Waals surface area contributed by atoms with Gasteiger partial charge in [-0.05, 0) is 54.1 Å². The number of hydrogen-bond donors (Lipinski definition) is 1. The van der Waals surface area contributed by atoms with Crippen LogP contribution in [0.25, 0.3) is 0 Å². The number of ether oxygens (including phenoxy) is 1. The molecule has 0 aliphatic rings. The van der Waals surface area contributed by atoms with E-state index in [-0.39, 0.29) is 0 Å². The molecule has 0 radical (unpaired) electrons. The number of rotatable bonds is 6. The highest BCUT2D eigenvalue weighted by Crippen LogP contribution is 2.16. The molecule has 0 saturated carbocycles. The average molecular weight is 358 g/mol. The smallest absolute Gasteiger partial charge is 0.122 e. The van der Waals surface area contributed by atoms with Gasteiger partial charge in [-0.15, -0.1) is 0 Å². The first-order chi connectivity index (χ1) is 11.7. The number of halogens is 1. The molecule has 1 N–H and O–H groups in total. The van der Waals surface area contributed by atoms with Crippen LogP contribution in [0.4, 0.5) is 0 Å². The maximum atomic E-state index is 5.87. The average Bonchev–Trinajstić information content (AvgIpc) is 3.13. The van der Waals surface area contributed by atoms with Gasteiger partial charge in [-0.25, -0.2) is 0 Å². The zero-order chi connectivity index (χ0) is 16.8. The molecule has 0 bridgehead atoms. The SMILES string of the molecule is S=C(NCc1ccco1)c1ccc(OCc2ccc(Cl)cc2)cc1. The van der Waals surface area contributed by atoms with E-state index in [4.69, 9.17) is 33.0 Å². The first-order valence-electron chi connectivity index (χ1n) is 7.48. The highest BCUT2D eigenvalue weighted by atomic mass is 35.5. The Hall–Kier alpha value is -2.30. The van der Waals surface area contributed by atoms with Crippen molar-refractivity contribution >= 4 is 28.8 Å². The number of thiocarbonyl (C=S) groups is 1. The van der Waals surface area contributed by atoms with Gasteiger partial charge in [0.05, 0.1) is 12.8 Å². The van der Waals surface area contributed by atoms with E-state index in [1.165, 1.54) is 0 Å². The van der Waals surface area contributed by atoms with Gasteiger partial charge in [-0.1, -0.05) is 36.0 Å². The summed E-state index contributed by atoms with van der Waals surface area (Å²) in [4.78, 5) is 0.677. The van der Waals surface area contributed by atoms with Gasteiger partial charge < -0.3 is 14.5 Å². The van der Waals surface area contributed by atoms with Crippen LogP contribution in [0, 0.1) is 0 Å². The summed E-state index contributed by atoms with van der Waals surface area (Å²) in [6.07, 6.45) is 1.65. The van der Waals surface area contributed by atoms with Crippen LogP contribution in [0.1, 0.15) is 16.9 Å². The van der Waals surface area contributed by atoms with Gasteiger partial charge in [0.2, 0.25) is 0 Å². The zero-order valence-electron chi connectivity index (χ0n) is 12.9. The van der Waals surface area contributed by atoms with E-state index >= 15 is 0 Å². The molecule has 0 aliphatic carbocycles. The Bertz CT molecular complexity index is 783. The van der Waals surface area contributed by atoms with E-state index in [0.29, 0.717) is 18.1 Å². The molecule has 0 amide bonds. The van der Waals surface area contributed by atoms with Crippen molar-refractivity contribution in [3.05, 3.63) is 88.8 Å². The second-order valence-electron chi connectivity index (χ2n) is 5.20. The Kier molecular flexibility index (Phi) is 5.51. The Morgan fingerprint density at radius 3 is 2.46 bits per heavy atom. The van der Waals surface area contributed by atoms with E-state index in [1.807, 2.05) is 60.7 Å². The van der Waals surface area contributed by atoms with Crippen molar-refractivity contribution in [3.63, 3.8) is 0 Å². The van der Waals surface area contributed by atoms with Gasteiger partial charge in [0.1, 0.15) is 23.1 Å². The molecule has 0 unspecified atom stereocenters. The molecule has 3 rings (SSSR count). The van der Waals surface area contributed by atoms with E-state index in [1.54, 1.807) is 6.26 Å². The molecule has 1 heterocycles. The fourth-order valence-electron chi connectivity index (χ4n) is 2.13. The predicted octanol–water partition coefficient (Wildman–Crippen LogP) is 4.98. The van der Waals surface area contributed by atoms with Crippen LogP contribution in [-0.2, 0) is 13.2 Å². The van der Waals surface area contributed by atoms with Crippen molar-refractivity contribution in [2.24, 2.45) is 0 Å². The van der Waals surface area contributed by atoms with Crippen LogP contribution in [0.5, 0.6) is 5.75 Å². The Morgan fingerprint density at radius 1 is 1.04 bits per heavy atom. The molecule has 0 spiro atoms. The fraction of sp³-hybridized carbons (Fsp3) is 0.105. The van der Waals surface area contributed by atoms with Crippen molar-refractivity contribution in [1.82, 2.24) is 5.32 Å². The highest BCUT2D eigenvalue weighted by Gasteiger charge is 2.03. The van der Waals surface area contributed by atoms with Crippen molar-refractivity contribution in [2.45, 2.75) is 13.2 Å². The third kappa shape index (κ3) is 4.60. The van der Waals surface area contributed by atoms with Crippen LogP contribution in [0.3, 0.4) is 0 Å². The summed E-state index contributed by atoms with van der Waals surface area (Å²) in [5.74, 6) is 1.64. The second-order valence-corrected chi connectivity index (χ2v) is 6.05. The second kappa shape index (κ2) is 7.99. The molecule has 0 aliphatic heterocycles. The first kappa shape index (κ1) is 16.6. The van der Waals surface area contributed by atoms with Gasteiger partial charge in [-0.3, -0.25) is 0 Å². The molecule has 3 nitrogen and oxygen atoms in total. The lowest BCUT2D eigenvalue weighted by atomic mass is 10.2. The summed E-state index contributed by atoms with van der Waals surface area (Å²) in [7, 11) is 0. The lowest BCUT2D eigenvalue weighted by Gasteiger charge is -2.09. The predicted molar refractivity (Wildman–Crippen MR) is 99.5 cm³/mol. The molecule has 3 aromatic rings. The van der Waals surface area contributed by atoms with Gasteiger partial charge in [-0.2, -0.15) is 0 Å². The molecule has 122 valence electrons. The molecular formula is C19H16ClNO2S. The van der Waals surface area contributed by atoms with E-state index in [2.05, 4.69) is 5.32 Å². The van der Waals surface area contributed by atoms with Crippen molar-refractivity contribution in [3.8, 4) is 5.75 Å². The summed E-state index contributed by atoms with van der Waals surface area (Å²) in [6, 6.07) is 19.1. The summed E-state index contributed by atoms with van der Waals surface area (Å²) in [6.45, 7) is 1.07.